The Balaban J connectivity index is 1.90. The zero-order chi connectivity index (χ0) is 13.0. The molecule has 2 aromatic rings. The molecule has 0 radical (unpaired) electrons. The molecule has 0 saturated heterocycles. The van der Waals surface area contributed by atoms with E-state index < -0.39 is 0 Å². The van der Waals surface area contributed by atoms with Gasteiger partial charge in [-0.15, -0.1) is 0 Å². The number of furan rings is 1. The molecule has 0 aliphatic rings. The highest BCUT2D eigenvalue weighted by atomic mass is 35.5. The van der Waals surface area contributed by atoms with Gasteiger partial charge in [-0.1, -0.05) is 23.2 Å². The molecule has 0 fully saturated rings. The molecule has 0 aliphatic heterocycles. The molecule has 1 N–H and O–H groups in total. The van der Waals surface area contributed by atoms with Crippen LogP contribution in [0.15, 0.2) is 41.0 Å². The van der Waals surface area contributed by atoms with Crippen LogP contribution in [-0.2, 0) is 11.2 Å². The summed E-state index contributed by atoms with van der Waals surface area (Å²) in [5.41, 5.74) is 0.594. The number of carbonyl (C=O) groups excluding carboxylic acids is 1. The van der Waals surface area contributed by atoms with Gasteiger partial charge in [0.1, 0.15) is 5.76 Å². The smallest absolute Gasteiger partial charge is 0.224 e. The highest BCUT2D eigenvalue weighted by Gasteiger charge is 2.06. The van der Waals surface area contributed by atoms with Gasteiger partial charge in [-0.25, -0.2) is 0 Å². The minimum Gasteiger partial charge on any atom is -0.469 e. The van der Waals surface area contributed by atoms with Crippen molar-refractivity contribution in [3.05, 3.63) is 52.4 Å². The summed E-state index contributed by atoms with van der Waals surface area (Å²) >= 11 is 11.7. The van der Waals surface area contributed by atoms with Crippen LogP contribution in [-0.4, -0.2) is 5.91 Å². The van der Waals surface area contributed by atoms with Crippen molar-refractivity contribution in [3.63, 3.8) is 0 Å². The summed E-state index contributed by atoms with van der Waals surface area (Å²) in [6, 6.07) is 8.55. The molecule has 1 heterocycles. The van der Waals surface area contributed by atoms with Crippen LogP contribution in [0.25, 0.3) is 0 Å². The van der Waals surface area contributed by atoms with Crippen LogP contribution >= 0.6 is 23.2 Å². The lowest BCUT2D eigenvalue weighted by Crippen LogP contribution is -2.12. The summed E-state index contributed by atoms with van der Waals surface area (Å²) in [5, 5.41) is 3.72. The molecule has 0 aliphatic carbocycles. The van der Waals surface area contributed by atoms with E-state index in [1.165, 1.54) is 0 Å². The molecule has 0 spiro atoms. The van der Waals surface area contributed by atoms with Crippen molar-refractivity contribution in [2.45, 2.75) is 12.8 Å². The number of benzene rings is 1. The molecule has 18 heavy (non-hydrogen) atoms. The fourth-order valence-corrected chi connectivity index (χ4v) is 2.07. The molecule has 1 aromatic heterocycles. The number of hydrogen-bond donors (Lipinski definition) is 1. The molecule has 1 amide bonds. The Morgan fingerprint density at radius 1 is 1.22 bits per heavy atom. The van der Waals surface area contributed by atoms with E-state index in [1.807, 2.05) is 6.07 Å². The predicted molar refractivity (Wildman–Crippen MR) is 72.1 cm³/mol. The second-order valence-electron chi connectivity index (χ2n) is 3.79. The zero-order valence-electron chi connectivity index (χ0n) is 9.45. The van der Waals surface area contributed by atoms with Crippen molar-refractivity contribution in [2.24, 2.45) is 0 Å². The van der Waals surface area contributed by atoms with Gasteiger partial charge in [-0.2, -0.15) is 0 Å². The fourth-order valence-electron chi connectivity index (χ4n) is 1.54. The minimum atomic E-state index is -0.107. The Hall–Kier alpha value is -1.45. The molecular weight excluding hydrogens is 273 g/mol. The lowest BCUT2D eigenvalue weighted by molar-refractivity contribution is -0.116. The highest BCUT2D eigenvalue weighted by Crippen LogP contribution is 2.22. The lowest BCUT2D eigenvalue weighted by atomic mass is 10.2. The van der Waals surface area contributed by atoms with Gasteiger partial charge in [0.2, 0.25) is 5.91 Å². The Morgan fingerprint density at radius 3 is 2.56 bits per heavy atom. The maximum atomic E-state index is 11.7. The molecule has 5 heteroatoms. The number of carbonyl (C=O) groups is 1. The topological polar surface area (TPSA) is 42.2 Å². The number of hydrogen-bond acceptors (Lipinski definition) is 2. The van der Waals surface area contributed by atoms with Crippen molar-refractivity contribution in [2.75, 3.05) is 5.32 Å². The number of nitrogens with one attached hydrogen (secondary N) is 1. The molecule has 0 unspecified atom stereocenters. The fraction of sp³-hybridized carbons (Fsp3) is 0.154. The summed E-state index contributed by atoms with van der Waals surface area (Å²) < 4.78 is 5.15. The molecular formula is C13H11Cl2NO2. The number of halogens is 2. The van der Waals surface area contributed by atoms with Crippen LogP contribution in [0.1, 0.15) is 12.2 Å². The van der Waals surface area contributed by atoms with E-state index in [-0.39, 0.29) is 5.91 Å². The van der Waals surface area contributed by atoms with Crippen molar-refractivity contribution < 1.29 is 9.21 Å². The third-order valence-electron chi connectivity index (χ3n) is 2.32. The quantitative estimate of drug-likeness (QED) is 0.916. The Bertz CT molecular complexity index is 518. The van der Waals surface area contributed by atoms with Crippen molar-refractivity contribution in [1.82, 2.24) is 0 Å². The minimum absolute atomic E-state index is 0.107. The summed E-state index contributed by atoms with van der Waals surface area (Å²) in [7, 11) is 0. The number of amides is 1. The zero-order valence-corrected chi connectivity index (χ0v) is 11.0. The standard InChI is InChI=1S/C13H11Cl2NO2/c14-9-6-10(15)8-11(7-9)16-13(17)4-3-12-2-1-5-18-12/h1-2,5-8H,3-4H2,(H,16,17). The summed E-state index contributed by atoms with van der Waals surface area (Å²) in [4.78, 5) is 11.7. The van der Waals surface area contributed by atoms with Gasteiger partial charge in [-0.3, -0.25) is 4.79 Å². The van der Waals surface area contributed by atoms with Gasteiger partial charge in [0.25, 0.3) is 0 Å². The first-order valence-corrected chi connectivity index (χ1v) is 6.17. The van der Waals surface area contributed by atoms with Crippen molar-refractivity contribution in [3.8, 4) is 0 Å². The van der Waals surface area contributed by atoms with E-state index >= 15 is 0 Å². The Kier molecular flexibility index (Phi) is 4.28. The average Bonchev–Trinajstić information content (AvgIpc) is 2.77. The van der Waals surface area contributed by atoms with Crippen LogP contribution in [0.5, 0.6) is 0 Å². The molecule has 0 bridgehead atoms. The second-order valence-corrected chi connectivity index (χ2v) is 4.66. The van der Waals surface area contributed by atoms with Crippen LogP contribution < -0.4 is 5.32 Å². The van der Waals surface area contributed by atoms with E-state index in [1.54, 1.807) is 30.5 Å². The second kappa shape index (κ2) is 5.94. The predicted octanol–water partition coefficient (Wildman–Crippen LogP) is 4.16. The lowest BCUT2D eigenvalue weighted by Gasteiger charge is -2.05. The number of aryl methyl sites for hydroxylation is 1. The maximum absolute atomic E-state index is 11.7. The van der Waals surface area contributed by atoms with Crippen LogP contribution in [0.3, 0.4) is 0 Å². The first kappa shape index (κ1) is 13.0. The first-order valence-electron chi connectivity index (χ1n) is 5.42. The van der Waals surface area contributed by atoms with Gasteiger partial charge < -0.3 is 9.73 Å². The van der Waals surface area contributed by atoms with Crippen LogP contribution in [0.4, 0.5) is 5.69 Å². The molecule has 1 aromatic carbocycles. The van der Waals surface area contributed by atoms with E-state index in [9.17, 15) is 4.79 Å². The maximum Gasteiger partial charge on any atom is 0.224 e. The molecule has 94 valence electrons. The third kappa shape index (κ3) is 3.79. The van der Waals surface area contributed by atoms with Crippen LogP contribution in [0, 0.1) is 0 Å². The monoisotopic (exact) mass is 283 g/mol. The molecule has 0 atom stereocenters. The highest BCUT2D eigenvalue weighted by molar-refractivity contribution is 6.35. The van der Waals surface area contributed by atoms with E-state index in [0.29, 0.717) is 28.6 Å². The van der Waals surface area contributed by atoms with Crippen molar-refractivity contribution in [1.29, 1.82) is 0 Å². The summed E-state index contributed by atoms with van der Waals surface area (Å²) in [6.07, 6.45) is 2.49. The Morgan fingerprint density at radius 2 is 1.94 bits per heavy atom. The SMILES string of the molecule is O=C(CCc1ccco1)Nc1cc(Cl)cc(Cl)c1. The normalized spacial score (nSPS) is 10.3. The summed E-state index contributed by atoms with van der Waals surface area (Å²) in [6.45, 7) is 0. The van der Waals surface area contributed by atoms with Crippen LogP contribution in [0.2, 0.25) is 10.0 Å². The molecule has 2 rings (SSSR count). The van der Waals surface area contributed by atoms with E-state index in [0.717, 1.165) is 5.76 Å². The largest absolute Gasteiger partial charge is 0.469 e. The van der Waals surface area contributed by atoms with Gasteiger partial charge in [0.05, 0.1) is 6.26 Å². The van der Waals surface area contributed by atoms with Gasteiger partial charge in [-0.05, 0) is 30.3 Å². The Labute approximate surface area is 115 Å². The third-order valence-corrected chi connectivity index (χ3v) is 2.76. The van der Waals surface area contributed by atoms with Gasteiger partial charge in [0.15, 0.2) is 0 Å². The first-order chi connectivity index (χ1) is 8.63. The summed E-state index contributed by atoms with van der Waals surface area (Å²) in [5.74, 6) is 0.680. The van der Waals surface area contributed by atoms with Gasteiger partial charge >= 0.3 is 0 Å². The van der Waals surface area contributed by atoms with E-state index in [2.05, 4.69) is 5.32 Å². The number of rotatable bonds is 4. The van der Waals surface area contributed by atoms with Gasteiger partial charge in [0, 0.05) is 28.6 Å². The molecule has 3 nitrogen and oxygen atoms in total. The average molecular weight is 284 g/mol. The molecule has 0 saturated carbocycles. The number of anilines is 1. The van der Waals surface area contributed by atoms with E-state index in [4.69, 9.17) is 27.6 Å². The van der Waals surface area contributed by atoms with Crippen molar-refractivity contribution >= 4 is 34.8 Å².